The predicted octanol–water partition coefficient (Wildman–Crippen LogP) is 5.41. The molecule has 1 fully saturated rings. The maximum absolute atomic E-state index is 14.5. The van der Waals surface area contributed by atoms with Crippen LogP contribution in [-0.4, -0.2) is 63.6 Å². The zero-order valence-electron chi connectivity index (χ0n) is 21.6. The molecule has 3 heterocycles. The number of aryl methyl sites for hydroxylation is 1. The summed E-state index contributed by atoms with van der Waals surface area (Å²) in [6.07, 6.45) is 2.48. The van der Waals surface area contributed by atoms with Crippen LogP contribution in [0.1, 0.15) is 23.7 Å². The van der Waals surface area contributed by atoms with Crippen molar-refractivity contribution < 1.29 is 13.5 Å². The zero-order chi connectivity index (χ0) is 26.8. The van der Waals surface area contributed by atoms with E-state index < -0.39 is 11.6 Å². The van der Waals surface area contributed by atoms with Crippen LogP contribution in [0.25, 0.3) is 16.6 Å². The van der Waals surface area contributed by atoms with Gasteiger partial charge in [0, 0.05) is 43.3 Å². The van der Waals surface area contributed by atoms with E-state index in [1.165, 1.54) is 23.0 Å². The number of hydrogen-bond donors (Lipinski definition) is 0. The number of para-hydroxylation sites is 1. The number of fused-ring (bicyclic) bond motifs is 1. The molecule has 7 nitrogen and oxygen atoms in total. The lowest BCUT2D eigenvalue weighted by atomic mass is 10.1. The monoisotopic (exact) mass is 538 g/mol. The Morgan fingerprint density at radius 1 is 1.13 bits per heavy atom. The third-order valence-corrected chi connectivity index (χ3v) is 7.15. The van der Waals surface area contributed by atoms with Crippen molar-refractivity contribution in [3.05, 3.63) is 82.3 Å². The first-order valence-electron chi connectivity index (χ1n) is 12.5. The SMILES string of the molecule is CCN1CCN(Cc2cc(F)cc(Cl)c2COc2cccc3c(-n4cc(F)cn4)cc(C)nc23)C(=NC)C1. The number of aromatic nitrogens is 3. The summed E-state index contributed by atoms with van der Waals surface area (Å²) in [5.41, 5.74) is 3.51. The molecule has 0 N–H and O–H groups in total. The Morgan fingerprint density at radius 2 is 1.97 bits per heavy atom. The maximum atomic E-state index is 14.5. The second-order valence-electron chi connectivity index (χ2n) is 9.28. The predicted molar refractivity (Wildman–Crippen MR) is 145 cm³/mol. The number of aliphatic imine (C=N–C) groups is 1. The lowest BCUT2D eigenvalue weighted by Crippen LogP contribution is -2.49. The Kier molecular flexibility index (Phi) is 7.58. The highest BCUT2D eigenvalue weighted by molar-refractivity contribution is 6.31. The number of hydrogen-bond acceptors (Lipinski definition) is 5. The van der Waals surface area contributed by atoms with Crippen molar-refractivity contribution in [1.29, 1.82) is 0 Å². The van der Waals surface area contributed by atoms with Crippen LogP contribution in [0.4, 0.5) is 8.78 Å². The summed E-state index contributed by atoms with van der Waals surface area (Å²) < 4.78 is 35.9. The number of rotatable bonds is 7. The molecule has 0 aliphatic carbocycles. The van der Waals surface area contributed by atoms with Gasteiger partial charge in [-0.3, -0.25) is 9.89 Å². The number of ether oxygens (including phenoxy) is 1. The molecule has 0 unspecified atom stereocenters. The van der Waals surface area contributed by atoms with E-state index in [4.69, 9.17) is 16.3 Å². The topological polar surface area (TPSA) is 58.8 Å². The Bertz CT molecular complexity index is 1500. The summed E-state index contributed by atoms with van der Waals surface area (Å²) in [5, 5.41) is 5.18. The number of pyridine rings is 1. The summed E-state index contributed by atoms with van der Waals surface area (Å²) in [4.78, 5) is 13.6. The van der Waals surface area contributed by atoms with Gasteiger partial charge in [0.25, 0.3) is 0 Å². The van der Waals surface area contributed by atoms with E-state index in [9.17, 15) is 8.78 Å². The molecule has 5 rings (SSSR count). The van der Waals surface area contributed by atoms with E-state index in [-0.39, 0.29) is 6.61 Å². The fourth-order valence-electron chi connectivity index (χ4n) is 4.80. The first kappa shape index (κ1) is 26.1. The fourth-order valence-corrected chi connectivity index (χ4v) is 5.09. The van der Waals surface area contributed by atoms with Crippen LogP contribution < -0.4 is 4.74 Å². The molecule has 1 aliphatic rings. The minimum atomic E-state index is -0.425. The van der Waals surface area contributed by atoms with Gasteiger partial charge in [0.15, 0.2) is 5.82 Å². The molecular weight excluding hydrogens is 510 g/mol. The number of halogens is 3. The van der Waals surface area contributed by atoms with Gasteiger partial charge in [-0.2, -0.15) is 5.10 Å². The molecule has 0 atom stereocenters. The van der Waals surface area contributed by atoms with Crippen LogP contribution in [0.3, 0.4) is 0 Å². The van der Waals surface area contributed by atoms with E-state index in [0.717, 1.165) is 54.9 Å². The standard InChI is InChI=1S/C28H29ClF2N6O/c1-4-35-8-9-36(27(16-35)32-3)14-19-11-20(30)12-24(29)23(19)17-38-26-7-5-6-22-25(10-18(2)34-28(22)26)37-15-21(31)13-33-37/h5-7,10-13,15H,4,8-9,14,16-17H2,1-3H3. The van der Waals surface area contributed by atoms with Crippen LogP contribution in [0.5, 0.6) is 5.75 Å². The maximum Gasteiger partial charge on any atom is 0.161 e. The van der Waals surface area contributed by atoms with Crippen molar-refractivity contribution in [2.75, 3.05) is 33.2 Å². The quantitative estimate of drug-likeness (QED) is 0.315. The number of nitrogens with zero attached hydrogens (tertiary/aromatic N) is 6. The largest absolute Gasteiger partial charge is 0.487 e. The second kappa shape index (κ2) is 11.0. The molecule has 0 saturated carbocycles. The molecule has 0 bridgehead atoms. The second-order valence-corrected chi connectivity index (χ2v) is 9.69. The van der Waals surface area contributed by atoms with Crippen molar-refractivity contribution >= 4 is 28.3 Å². The average molecular weight is 539 g/mol. The Morgan fingerprint density at radius 3 is 2.71 bits per heavy atom. The highest BCUT2D eigenvalue weighted by atomic mass is 35.5. The first-order chi connectivity index (χ1) is 18.4. The lowest BCUT2D eigenvalue weighted by molar-refractivity contribution is 0.232. The van der Waals surface area contributed by atoms with Crippen molar-refractivity contribution in [3.8, 4) is 11.4 Å². The van der Waals surface area contributed by atoms with E-state index in [2.05, 4.69) is 31.8 Å². The minimum absolute atomic E-state index is 0.127. The molecule has 1 aliphatic heterocycles. The highest BCUT2D eigenvalue weighted by Gasteiger charge is 2.23. The molecule has 10 heteroatoms. The highest BCUT2D eigenvalue weighted by Crippen LogP contribution is 2.31. The molecule has 4 aromatic rings. The van der Waals surface area contributed by atoms with Gasteiger partial charge in [-0.25, -0.2) is 18.4 Å². The Labute approximate surface area is 225 Å². The van der Waals surface area contributed by atoms with Gasteiger partial charge in [-0.1, -0.05) is 30.7 Å². The first-order valence-corrected chi connectivity index (χ1v) is 12.9. The van der Waals surface area contributed by atoms with Gasteiger partial charge >= 0.3 is 0 Å². The van der Waals surface area contributed by atoms with Gasteiger partial charge in [-0.05, 0) is 43.3 Å². The molecule has 0 amide bonds. The molecular formula is C28H29ClF2N6O. The minimum Gasteiger partial charge on any atom is -0.487 e. The van der Waals surface area contributed by atoms with Gasteiger partial charge in [0.2, 0.25) is 0 Å². The van der Waals surface area contributed by atoms with Gasteiger partial charge in [0.05, 0.1) is 29.6 Å². The molecule has 1 saturated heterocycles. The third-order valence-electron chi connectivity index (χ3n) is 6.81. The molecule has 0 radical (unpaired) electrons. The van der Waals surface area contributed by atoms with E-state index in [0.29, 0.717) is 34.1 Å². The summed E-state index contributed by atoms with van der Waals surface area (Å²) in [6, 6.07) is 10.2. The van der Waals surface area contributed by atoms with Crippen LogP contribution >= 0.6 is 11.6 Å². The van der Waals surface area contributed by atoms with Gasteiger partial charge < -0.3 is 9.64 Å². The summed E-state index contributed by atoms with van der Waals surface area (Å²) >= 11 is 6.55. The van der Waals surface area contributed by atoms with Crippen LogP contribution in [0.15, 0.2) is 53.8 Å². The van der Waals surface area contributed by atoms with Crippen molar-refractivity contribution in [2.24, 2.45) is 4.99 Å². The van der Waals surface area contributed by atoms with E-state index in [1.807, 2.05) is 31.2 Å². The van der Waals surface area contributed by atoms with E-state index in [1.54, 1.807) is 7.05 Å². The van der Waals surface area contributed by atoms with Crippen molar-refractivity contribution in [2.45, 2.75) is 27.0 Å². The number of amidine groups is 1. The molecule has 198 valence electrons. The van der Waals surface area contributed by atoms with Crippen LogP contribution in [0, 0.1) is 18.6 Å². The fraction of sp³-hybridized carbons (Fsp3) is 0.321. The molecule has 2 aromatic carbocycles. The Hall–Kier alpha value is -3.56. The van der Waals surface area contributed by atoms with Crippen LogP contribution in [0.2, 0.25) is 5.02 Å². The summed E-state index contributed by atoms with van der Waals surface area (Å²) in [5.74, 6) is 0.681. The average Bonchev–Trinajstić information content (AvgIpc) is 3.34. The number of likely N-dealkylation sites (N-methyl/N-ethyl adjacent to an activating group) is 1. The van der Waals surface area contributed by atoms with Crippen LogP contribution in [-0.2, 0) is 13.2 Å². The molecule has 0 spiro atoms. The smallest absolute Gasteiger partial charge is 0.161 e. The normalized spacial score (nSPS) is 15.5. The molecule has 2 aromatic heterocycles. The molecule has 38 heavy (non-hydrogen) atoms. The van der Waals surface area contributed by atoms with Crippen molar-refractivity contribution in [3.63, 3.8) is 0 Å². The number of piperazine rings is 1. The van der Waals surface area contributed by atoms with Gasteiger partial charge in [0.1, 0.15) is 29.5 Å². The summed E-state index contributed by atoms with van der Waals surface area (Å²) in [6.45, 7) is 8.00. The number of benzene rings is 2. The Balaban J connectivity index is 1.45. The lowest BCUT2D eigenvalue weighted by Gasteiger charge is -2.37. The van der Waals surface area contributed by atoms with Crippen molar-refractivity contribution in [1.82, 2.24) is 24.6 Å². The van der Waals surface area contributed by atoms with E-state index >= 15 is 0 Å². The summed E-state index contributed by atoms with van der Waals surface area (Å²) in [7, 11) is 1.78. The zero-order valence-corrected chi connectivity index (χ0v) is 22.3. The third kappa shape index (κ3) is 5.35. The van der Waals surface area contributed by atoms with Gasteiger partial charge in [-0.15, -0.1) is 0 Å².